The molecule has 0 aliphatic carbocycles. The number of rotatable bonds is 4. The second kappa shape index (κ2) is 6.73. The normalized spacial score (nSPS) is 11.0. The van der Waals surface area contributed by atoms with E-state index < -0.39 is 4.92 Å². The average Bonchev–Trinajstić information content (AvgIpc) is 2.94. The van der Waals surface area contributed by atoms with Gasteiger partial charge in [0, 0.05) is 16.7 Å². The van der Waals surface area contributed by atoms with Gasteiger partial charge >= 0.3 is 0 Å². The summed E-state index contributed by atoms with van der Waals surface area (Å²) in [5, 5.41) is 22.6. The van der Waals surface area contributed by atoms with Gasteiger partial charge in [0.15, 0.2) is 5.82 Å². The van der Waals surface area contributed by atoms with E-state index in [1.165, 1.54) is 17.0 Å². The molecule has 0 saturated heterocycles. The van der Waals surface area contributed by atoms with Crippen LogP contribution in [0.2, 0.25) is 5.02 Å². The number of hydrogen-bond acceptors (Lipinski definition) is 5. The molecule has 1 N–H and O–H groups in total. The minimum atomic E-state index is -0.464. The van der Waals surface area contributed by atoms with Gasteiger partial charge in [-0.1, -0.05) is 35.9 Å². The third-order valence-electron chi connectivity index (χ3n) is 3.18. The first-order valence-corrected chi connectivity index (χ1v) is 7.56. The van der Waals surface area contributed by atoms with Crippen molar-refractivity contribution < 1.29 is 4.92 Å². The molecule has 0 spiro atoms. The van der Waals surface area contributed by atoms with Crippen molar-refractivity contribution in [2.45, 2.75) is 0 Å². The molecule has 0 aliphatic heterocycles. The van der Waals surface area contributed by atoms with Crippen LogP contribution in [0.1, 0.15) is 5.56 Å². The third-order valence-corrected chi connectivity index (χ3v) is 3.68. The molecule has 0 fully saturated rings. The van der Waals surface area contributed by atoms with Gasteiger partial charge in [0.25, 0.3) is 5.69 Å². The van der Waals surface area contributed by atoms with E-state index in [-0.39, 0.29) is 10.5 Å². The van der Waals surface area contributed by atoms with Gasteiger partial charge in [0.1, 0.15) is 0 Å². The van der Waals surface area contributed by atoms with Gasteiger partial charge in [-0.05, 0) is 30.4 Å². The van der Waals surface area contributed by atoms with Crippen molar-refractivity contribution in [3.63, 3.8) is 0 Å². The number of halogens is 1. The molecule has 1 aromatic heterocycles. The Kier molecular flexibility index (Phi) is 4.50. The predicted octanol–water partition coefficient (Wildman–Crippen LogP) is 4.05. The summed E-state index contributed by atoms with van der Waals surface area (Å²) in [6.07, 6.45) is 1.37. The summed E-state index contributed by atoms with van der Waals surface area (Å²) in [4.78, 5) is 10.6. The monoisotopic (exact) mass is 359 g/mol. The zero-order chi connectivity index (χ0) is 17.1. The number of nitrogens with zero attached hydrogens (tertiary/aromatic N) is 4. The van der Waals surface area contributed by atoms with Gasteiger partial charge in [-0.2, -0.15) is 14.9 Å². The van der Waals surface area contributed by atoms with Crippen molar-refractivity contribution in [1.82, 2.24) is 14.9 Å². The maximum Gasteiger partial charge on any atom is 0.278 e. The minimum Gasteiger partial charge on any atom is -0.258 e. The van der Waals surface area contributed by atoms with Crippen LogP contribution >= 0.6 is 23.8 Å². The van der Waals surface area contributed by atoms with Crippen molar-refractivity contribution in [3.8, 4) is 11.4 Å². The standard InChI is InChI=1S/C15H10ClN5O2S/c16-12-6-3-5-10(8-12)14-18-19-15(24)20(14)17-9-11-4-1-2-7-13(11)21(22)23/h1-9H,(H,19,24)/b17-9+. The summed E-state index contributed by atoms with van der Waals surface area (Å²) in [5.41, 5.74) is 1.04. The number of aromatic amines is 1. The van der Waals surface area contributed by atoms with Crippen LogP contribution in [-0.4, -0.2) is 26.0 Å². The van der Waals surface area contributed by atoms with Crippen LogP contribution in [-0.2, 0) is 0 Å². The molecule has 0 aliphatic rings. The van der Waals surface area contributed by atoms with Crippen LogP contribution in [0.3, 0.4) is 0 Å². The molecular formula is C15H10ClN5O2S. The molecule has 0 amide bonds. The van der Waals surface area contributed by atoms with Crippen molar-refractivity contribution in [1.29, 1.82) is 0 Å². The zero-order valence-electron chi connectivity index (χ0n) is 12.1. The molecule has 9 heteroatoms. The zero-order valence-corrected chi connectivity index (χ0v) is 13.7. The van der Waals surface area contributed by atoms with Crippen molar-refractivity contribution >= 4 is 35.7 Å². The van der Waals surface area contributed by atoms with Crippen molar-refractivity contribution in [2.75, 3.05) is 0 Å². The van der Waals surface area contributed by atoms with Gasteiger partial charge < -0.3 is 0 Å². The lowest BCUT2D eigenvalue weighted by Gasteiger charge is -2.01. The van der Waals surface area contributed by atoms with Crippen molar-refractivity contribution in [3.05, 3.63) is 74.0 Å². The number of nitro groups is 1. The molecule has 0 atom stereocenters. The van der Waals surface area contributed by atoms with Gasteiger partial charge in [0.2, 0.25) is 4.77 Å². The number of H-pyrrole nitrogens is 1. The Morgan fingerprint density at radius 1 is 1.29 bits per heavy atom. The van der Waals surface area contributed by atoms with Gasteiger partial charge in [-0.3, -0.25) is 10.1 Å². The van der Waals surface area contributed by atoms with Crippen LogP contribution in [0.5, 0.6) is 0 Å². The lowest BCUT2D eigenvalue weighted by molar-refractivity contribution is -0.385. The maximum atomic E-state index is 11.1. The van der Waals surface area contributed by atoms with Gasteiger partial charge in [-0.15, -0.1) is 0 Å². The summed E-state index contributed by atoms with van der Waals surface area (Å²) in [6, 6.07) is 13.4. The Morgan fingerprint density at radius 2 is 2.08 bits per heavy atom. The Morgan fingerprint density at radius 3 is 2.83 bits per heavy atom. The molecule has 24 heavy (non-hydrogen) atoms. The summed E-state index contributed by atoms with van der Waals surface area (Å²) >= 11 is 11.2. The maximum absolute atomic E-state index is 11.1. The number of aromatic nitrogens is 3. The van der Waals surface area contributed by atoms with Crippen LogP contribution in [0.15, 0.2) is 53.6 Å². The van der Waals surface area contributed by atoms with E-state index in [1.807, 2.05) is 6.07 Å². The summed E-state index contributed by atoms with van der Waals surface area (Å²) in [6.45, 7) is 0. The second-order valence-electron chi connectivity index (χ2n) is 4.74. The Hall–Kier alpha value is -2.84. The van der Waals surface area contributed by atoms with E-state index in [1.54, 1.807) is 36.4 Å². The first-order chi connectivity index (χ1) is 11.6. The van der Waals surface area contributed by atoms with Crippen LogP contribution in [0.25, 0.3) is 11.4 Å². The molecule has 2 aromatic carbocycles. The van der Waals surface area contributed by atoms with E-state index >= 15 is 0 Å². The minimum absolute atomic E-state index is 0.0411. The lowest BCUT2D eigenvalue weighted by Crippen LogP contribution is -1.98. The van der Waals surface area contributed by atoms with Crippen LogP contribution in [0, 0.1) is 14.9 Å². The quantitative estimate of drug-likeness (QED) is 0.329. The smallest absolute Gasteiger partial charge is 0.258 e. The van der Waals surface area contributed by atoms with E-state index in [4.69, 9.17) is 23.8 Å². The fraction of sp³-hybridized carbons (Fsp3) is 0. The average molecular weight is 360 g/mol. The fourth-order valence-electron chi connectivity index (χ4n) is 2.10. The van der Waals surface area contributed by atoms with Crippen LogP contribution < -0.4 is 0 Å². The van der Waals surface area contributed by atoms with Crippen LogP contribution in [0.4, 0.5) is 5.69 Å². The lowest BCUT2D eigenvalue weighted by atomic mass is 10.2. The van der Waals surface area contributed by atoms with Crippen molar-refractivity contribution in [2.24, 2.45) is 5.10 Å². The number of para-hydroxylation sites is 1. The Labute approximate surface area is 146 Å². The topological polar surface area (TPSA) is 89.1 Å². The summed E-state index contributed by atoms with van der Waals surface area (Å²) in [5.74, 6) is 0.456. The Balaban J connectivity index is 2.05. The highest BCUT2D eigenvalue weighted by Crippen LogP contribution is 2.21. The molecule has 3 rings (SSSR count). The molecule has 0 bridgehead atoms. The highest BCUT2D eigenvalue weighted by atomic mass is 35.5. The van der Waals surface area contributed by atoms with Gasteiger partial charge in [-0.25, -0.2) is 5.10 Å². The second-order valence-corrected chi connectivity index (χ2v) is 5.56. The molecule has 7 nitrogen and oxygen atoms in total. The summed E-state index contributed by atoms with van der Waals surface area (Å²) in [7, 11) is 0. The molecule has 0 radical (unpaired) electrons. The molecule has 1 heterocycles. The number of nitrogens with one attached hydrogen (secondary N) is 1. The van der Waals surface area contributed by atoms with E-state index in [9.17, 15) is 10.1 Å². The largest absolute Gasteiger partial charge is 0.278 e. The number of hydrogen-bond donors (Lipinski definition) is 1. The van der Waals surface area contributed by atoms with E-state index in [0.29, 0.717) is 16.4 Å². The first-order valence-electron chi connectivity index (χ1n) is 6.77. The van der Waals surface area contributed by atoms with E-state index in [0.717, 1.165) is 5.56 Å². The number of nitro benzene ring substituents is 1. The molecule has 0 unspecified atom stereocenters. The highest BCUT2D eigenvalue weighted by Gasteiger charge is 2.12. The predicted molar refractivity (Wildman–Crippen MR) is 93.9 cm³/mol. The Bertz CT molecular complexity index is 995. The third kappa shape index (κ3) is 3.24. The summed E-state index contributed by atoms with van der Waals surface area (Å²) < 4.78 is 1.65. The molecule has 3 aromatic rings. The highest BCUT2D eigenvalue weighted by molar-refractivity contribution is 7.71. The fourth-order valence-corrected chi connectivity index (χ4v) is 2.47. The molecule has 0 saturated carbocycles. The van der Waals surface area contributed by atoms with E-state index in [2.05, 4.69) is 15.3 Å². The number of benzene rings is 2. The first kappa shape index (κ1) is 16.0. The SMILES string of the molecule is O=[N+]([O-])c1ccccc1/C=N/n1c(-c2cccc(Cl)c2)n[nH]c1=S. The van der Waals surface area contributed by atoms with Gasteiger partial charge in [0.05, 0.1) is 16.7 Å². The molecular weight excluding hydrogens is 350 g/mol. The molecule has 120 valence electrons.